The number of carbonyl (C=O) groups is 1. The van der Waals surface area contributed by atoms with E-state index in [4.69, 9.17) is 25.8 Å². The summed E-state index contributed by atoms with van der Waals surface area (Å²) < 4.78 is 16.5. The molecule has 0 aliphatic carbocycles. The van der Waals surface area contributed by atoms with Crippen molar-refractivity contribution in [2.24, 2.45) is 0 Å². The van der Waals surface area contributed by atoms with Crippen molar-refractivity contribution in [1.29, 1.82) is 0 Å². The van der Waals surface area contributed by atoms with Gasteiger partial charge in [0.1, 0.15) is 29.1 Å². The van der Waals surface area contributed by atoms with Gasteiger partial charge < -0.3 is 14.2 Å². The fourth-order valence-corrected chi connectivity index (χ4v) is 2.62. The molecule has 1 saturated heterocycles. The van der Waals surface area contributed by atoms with Gasteiger partial charge in [-0.2, -0.15) is 0 Å². The van der Waals surface area contributed by atoms with Gasteiger partial charge in [-0.05, 0) is 0 Å². The summed E-state index contributed by atoms with van der Waals surface area (Å²) in [6, 6.07) is 3.29. The van der Waals surface area contributed by atoms with Gasteiger partial charge in [-0.25, -0.2) is 9.97 Å². The fraction of sp³-hybridized carbons (Fsp3) is 0.400. The molecule has 2 heterocycles. The third kappa shape index (κ3) is 3.28. The Labute approximate surface area is 132 Å². The standard InChI is InChI=1S/C15H15ClN2O4/c1-9(19)21-11-6-12-14(15(16)18-8-17-12)13(7-11)22-10-2-4-20-5-3-10/h6-8,10H,2-5H2,1H3. The first kappa shape index (κ1) is 15.0. The Morgan fingerprint density at radius 1 is 1.32 bits per heavy atom. The lowest BCUT2D eigenvalue weighted by atomic mass is 10.1. The van der Waals surface area contributed by atoms with Crippen LogP contribution in [0, 0.1) is 0 Å². The summed E-state index contributed by atoms with van der Waals surface area (Å²) in [5.41, 5.74) is 0.570. The minimum Gasteiger partial charge on any atom is -0.489 e. The fourth-order valence-electron chi connectivity index (χ4n) is 2.38. The molecule has 1 aromatic carbocycles. The second-order valence-corrected chi connectivity index (χ2v) is 5.36. The molecule has 0 spiro atoms. The van der Waals surface area contributed by atoms with Crippen molar-refractivity contribution in [2.75, 3.05) is 13.2 Å². The van der Waals surface area contributed by atoms with E-state index in [1.807, 2.05) is 0 Å². The van der Waals surface area contributed by atoms with E-state index >= 15 is 0 Å². The Balaban J connectivity index is 2.01. The Hall–Kier alpha value is -1.92. The lowest BCUT2D eigenvalue weighted by Crippen LogP contribution is -2.26. The number of hydrogen-bond acceptors (Lipinski definition) is 6. The normalized spacial score (nSPS) is 15.7. The number of benzene rings is 1. The van der Waals surface area contributed by atoms with Crippen LogP contribution < -0.4 is 9.47 Å². The van der Waals surface area contributed by atoms with Crippen LogP contribution in [0.4, 0.5) is 0 Å². The average Bonchev–Trinajstić information content (AvgIpc) is 2.47. The van der Waals surface area contributed by atoms with E-state index in [1.54, 1.807) is 12.1 Å². The first-order chi connectivity index (χ1) is 10.6. The van der Waals surface area contributed by atoms with Gasteiger partial charge in [0.05, 0.1) is 24.1 Å². The number of aromatic nitrogens is 2. The minimum atomic E-state index is -0.406. The molecular weight excluding hydrogens is 308 g/mol. The van der Waals surface area contributed by atoms with Crippen LogP contribution in [0.3, 0.4) is 0 Å². The maximum atomic E-state index is 11.2. The quantitative estimate of drug-likeness (QED) is 0.491. The molecule has 7 heteroatoms. The Kier molecular flexibility index (Phi) is 4.40. The Morgan fingerprint density at radius 2 is 2.09 bits per heavy atom. The van der Waals surface area contributed by atoms with Crippen LogP contribution in [0.2, 0.25) is 5.15 Å². The largest absolute Gasteiger partial charge is 0.489 e. The zero-order valence-electron chi connectivity index (χ0n) is 12.0. The minimum absolute atomic E-state index is 0.0285. The second kappa shape index (κ2) is 6.46. The first-order valence-electron chi connectivity index (χ1n) is 7.00. The van der Waals surface area contributed by atoms with Crippen LogP contribution in [0.15, 0.2) is 18.5 Å². The third-order valence-corrected chi connectivity index (χ3v) is 3.64. The highest BCUT2D eigenvalue weighted by Gasteiger charge is 2.19. The number of fused-ring (bicyclic) bond motifs is 1. The molecule has 116 valence electrons. The summed E-state index contributed by atoms with van der Waals surface area (Å²) in [5, 5.41) is 0.924. The molecule has 0 radical (unpaired) electrons. The molecule has 0 amide bonds. The molecule has 0 N–H and O–H groups in total. The summed E-state index contributed by atoms with van der Waals surface area (Å²) in [4.78, 5) is 19.3. The molecule has 1 aliphatic rings. The zero-order valence-corrected chi connectivity index (χ0v) is 12.8. The van der Waals surface area contributed by atoms with E-state index in [9.17, 15) is 4.79 Å². The number of esters is 1. The van der Waals surface area contributed by atoms with E-state index in [1.165, 1.54) is 13.3 Å². The number of nitrogens with zero attached hydrogens (tertiary/aromatic N) is 2. The summed E-state index contributed by atoms with van der Waals surface area (Å²) in [6.07, 6.45) is 2.98. The van der Waals surface area contributed by atoms with Gasteiger partial charge in [-0.15, -0.1) is 0 Å². The van der Waals surface area contributed by atoms with E-state index in [0.717, 1.165) is 12.8 Å². The molecule has 0 saturated carbocycles. The molecule has 6 nitrogen and oxygen atoms in total. The lowest BCUT2D eigenvalue weighted by Gasteiger charge is -2.24. The highest BCUT2D eigenvalue weighted by molar-refractivity contribution is 6.34. The predicted molar refractivity (Wildman–Crippen MR) is 80.3 cm³/mol. The summed E-state index contributed by atoms with van der Waals surface area (Å²) in [7, 11) is 0. The maximum Gasteiger partial charge on any atom is 0.308 e. The molecule has 3 rings (SSSR count). The topological polar surface area (TPSA) is 70.5 Å². The average molecular weight is 323 g/mol. The highest BCUT2D eigenvalue weighted by Crippen LogP contribution is 2.35. The van der Waals surface area contributed by atoms with Crippen molar-refractivity contribution in [3.8, 4) is 11.5 Å². The molecule has 1 aliphatic heterocycles. The summed E-state index contributed by atoms with van der Waals surface area (Å²) in [6.45, 7) is 2.67. The predicted octanol–water partition coefficient (Wildman–Crippen LogP) is 2.77. The van der Waals surface area contributed by atoms with E-state index in [-0.39, 0.29) is 6.10 Å². The van der Waals surface area contributed by atoms with Gasteiger partial charge in [0.15, 0.2) is 0 Å². The van der Waals surface area contributed by atoms with Crippen molar-refractivity contribution in [3.05, 3.63) is 23.6 Å². The Bertz CT molecular complexity index is 701. The molecule has 2 aromatic rings. The summed E-state index contributed by atoms with van der Waals surface area (Å²) >= 11 is 6.17. The van der Waals surface area contributed by atoms with Crippen LogP contribution in [0.25, 0.3) is 10.9 Å². The van der Waals surface area contributed by atoms with Gasteiger partial charge in [0, 0.05) is 31.9 Å². The number of halogens is 1. The number of carbonyl (C=O) groups excluding carboxylic acids is 1. The highest BCUT2D eigenvalue weighted by atomic mass is 35.5. The van der Waals surface area contributed by atoms with E-state index < -0.39 is 5.97 Å². The van der Waals surface area contributed by atoms with Crippen molar-refractivity contribution in [1.82, 2.24) is 9.97 Å². The van der Waals surface area contributed by atoms with Crippen LogP contribution in [0.5, 0.6) is 11.5 Å². The molecule has 1 fully saturated rings. The van der Waals surface area contributed by atoms with E-state index in [0.29, 0.717) is 40.8 Å². The number of rotatable bonds is 3. The van der Waals surface area contributed by atoms with Gasteiger partial charge in [-0.1, -0.05) is 11.6 Å². The molecule has 0 bridgehead atoms. The molecule has 0 atom stereocenters. The third-order valence-electron chi connectivity index (χ3n) is 3.35. The second-order valence-electron chi connectivity index (χ2n) is 5.00. The number of hydrogen-bond donors (Lipinski definition) is 0. The Morgan fingerprint density at radius 3 is 2.82 bits per heavy atom. The number of ether oxygens (including phenoxy) is 3. The molecule has 22 heavy (non-hydrogen) atoms. The van der Waals surface area contributed by atoms with Gasteiger partial charge in [0.25, 0.3) is 0 Å². The van der Waals surface area contributed by atoms with Crippen molar-refractivity contribution >= 4 is 28.5 Å². The van der Waals surface area contributed by atoms with Crippen LogP contribution in [-0.4, -0.2) is 35.3 Å². The summed E-state index contributed by atoms with van der Waals surface area (Å²) in [5.74, 6) is 0.486. The van der Waals surface area contributed by atoms with Crippen LogP contribution >= 0.6 is 11.6 Å². The SMILES string of the molecule is CC(=O)Oc1cc(OC2CCOCC2)c2c(Cl)ncnc2c1. The van der Waals surface area contributed by atoms with Crippen molar-refractivity contribution in [3.63, 3.8) is 0 Å². The monoisotopic (exact) mass is 322 g/mol. The van der Waals surface area contributed by atoms with Crippen molar-refractivity contribution < 1.29 is 19.0 Å². The molecule has 0 unspecified atom stereocenters. The van der Waals surface area contributed by atoms with E-state index in [2.05, 4.69) is 9.97 Å². The lowest BCUT2D eigenvalue weighted by molar-refractivity contribution is -0.131. The van der Waals surface area contributed by atoms with Gasteiger partial charge in [-0.3, -0.25) is 4.79 Å². The smallest absolute Gasteiger partial charge is 0.308 e. The van der Waals surface area contributed by atoms with Crippen LogP contribution in [-0.2, 0) is 9.53 Å². The molecule has 1 aromatic heterocycles. The van der Waals surface area contributed by atoms with Crippen molar-refractivity contribution in [2.45, 2.75) is 25.9 Å². The van der Waals surface area contributed by atoms with Crippen LogP contribution in [0.1, 0.15) is 19.8 Å². The van der Waals surface area contributed by atoms with Gasteiger partial charge in [0.2, 0.25) is 0 Å². The van der Waals surface area contributed by atoms with Gasteiger partial charge >= 0.3 is 5.97 Å². The maximum absolute atomic E-state index is 11.2. The molecular formula is C15H15ClN2O4. The zero-order chi connectivity index (χ0) is 15.5. The first-order valence-corrected chi connectivity index (χ1v) is 7.38.